The van der Waals surface area contributed by atoms with Crippen LogP contribution in [0, 0.1) is 10.1 Å². The Kier molecular flexibility index (Phi) is 5.25. The Hall–Kier alpha value is -2.80. The highest BCUT2D eigenvalue weighted by Gasteiger charge is 2.20. The van der Waals surface area contributed by atoms with E-state index in [2.05, 4.69) is 5.32 Å². The van der Waals surface area contributed by atoms with Crippen LogP contribution in [0.2, 0.25) is 5.02 Å². The average Bonchev–Trinajstić information content (AvgIpc) is 2.55. The zero-order valence-electron chi connectivity index (χ0n) is 13.4. The van der Waals surface area contributed by atoms with Gasteiger partial charge in [0.2, 0.25) is 0 Å². The number of nitro benzene ring substituents is 1. The molecule has 8 heteroatoms. The first kappa shape index (κ1) is 17.6. The topological polar surface area (TPSA) is 84.7 Å². The van der Waals surface area contributed by atoms with Crippen LogP contribution in [-0.2, 0) is 0 Å². The van der Waals surface area contributed by atoms with E-state index in [1.165, 1.54) is 19.2 Å². The summed E-state index contributed by atoms with van der Waals surface area (Å²) in [6.07, 6.45) is 0. The second-order valence-electron chi connectivity index (χ2n) is 5.15. The number of ether oxygens (including phenoxy) is 1. The van der Waals surface area contributed by atoms with Gasteiger partial charge in [-0.2, -0.15) is 0 Å². The van der Waals surface area contributed by atoms with E-state index in [1.54, 1.807) is 43.3 Å². The standard InChI is InChI=1S/C16H16ClN3O4/c1-19(2)14-9-13(12(17)8-15(14)20(22)23)18-16(21)10-4-6-11(24-3)7-5-10/h4-9H,1-3H3,(H,18,21). The number of nitro groups is 1. The summed E-state index contributed by atoms with van der Waals surface area (Å²) >= 11 is 6.07. The van der Waals surface area contributed by atoms with E-state index < -0.39 is 4.92 Å². The van der Waals surface area contributed by atoms with Crippen molar-refractivity contribution in [2.24, 2.45) is 0 Å². The third kappa shape index (κ3) is 3.75. The number of halogens is 1. The SMILES string of the molecule is COc1ccc(C(=O)Nc2cc(N(C)C)c([N+](=O)[O-])cc2Cl)cc1. The van der Waals surface area contributed by atoms with E-state index >= 15 is 0 Å². The summed E-state index contributed by atoms with van der Waals surface area (Å²) in [7, 11) is 4.88. The molecule has 2 rings (SSSR count). The number of nitrogens with zero attached hydrogens (tertiary/aromatic N) is 2. The lowest BCUT2D eigenvalue weighted by molar-refractivity contribution is -0.384. The summed E-state index contributed by atoms with van der Waals surface area (Å²) in [5.41, 5.74) is 0.922. The van der Waals surface area contributed by atoms with Gasteiger partial charge in [0, 0.05) is 25.7 Å². The van der Waals surface area contributed by atoms with Gasteiger partial charge in [0.15, 0.2) is 0 Å². The number of hydrogen-bond acceptors (Lipinski definition) is 5. The number of carbonyl (C=O) groups is 1. The van der Waals surface area contributed by atoms with E-state index in [9.17, 15) is 14.9 Å². The highest BCUT2D eigenvalue weighted by Crippen LogP contribution is 2.36. The molecule has 0 saturated carbocycles. The molecule has 0 aromatic heterocycles. The van der Waals surface area contributed by atoms with E-state index in [1.807, 2.05) is 0 Å². The minimum absolute atomic E-state index is 0.0918. The van der Waals surface area contributed by atoms with Gasteiger partial charge in [-0.05, 0) is 30.3 Å². The Morgan fingerprint density at radius 3 is 2.38 bits per heavy atom. The van der Waals surface area contributed by atoms with Crippen LogP contribution in [0.15, 0.2) is 36.4 Å². The fourth-order valence-electron chi connectivity index (χ4n) is 2.09. The number of anilines is 2. The largest absolute Gasteiger partial charge is 0.497 e. The lowest BCUT2D eigenvalue weighted by Gasteiger charge is -2.15. The molecule has 2 aromatic rings. The summed E-state index contributed by atoms with van der Waals surface area (Å²) in [5.74, 6) is 0.257. The van der Waals surface area contributed by atoms with E-state index in [4.69, 9.17) is 16.3 Å². The first-order valence-electron chi connectivity index (χ1n) is 6.94. The van der Waals surface area contributed by atoms with Crippen LogP contribution < -0.4 is 15.0 Å². The zero-order valence-corrected chi connectivity index (χ0v) is 14.1. The number of carbonyl (C=O) groups excluding carboxylic acids is 1. The fraction of sp³-hybridized carbons (Fsp3) is 0.188. The van der Waals surface area contributed by atoms with Crippen LogP contribution in [-0.4, -0.2) is 32.0 Å². The van der Waals surface area contributed by atoms with E-state index in [0.29, 0.717) is 22.7 Å². The summed E-state index contributed by atoms with van der Waals surface area (Å²) < 4.78 is 5.04. The van der Waals surface area contributed by atoms with Crippen molar-refractivity contribution in [2.45, 2.75) is 0 Å². The highest BCUT2D eigenvalue weighted by atomic mass is 35.5. The number of hydrogen-bond donors (Lipinski definition) is 1. The average molecular weight is 350 g/mol. The van der Waals surface area contributed by atoms with Crippen molar-refractivity contribution in [1.29, 1.82) is 0 Å². The molecule has 0 heterocycles. The minimum atomic E-state index is -0.518. The van der Waals surface area contributed by atoms with Gasteiger partial charge >= 0.3 is 0 Å². The molecule has 0 aliphatic rings. The summed E-state index contributed by atoms with van der Waals surface area (Å²) in [4.78, 5) is 24.5. The molecule has 24 heavy (non-hydrogen) atoms. The molecule has 0 atom stereocenters. The molecule has 1 amide bonds. The second kappa shape index (κ2) is 7.18. The van der Waals surface area contributed by atoms with Gasteiger partial charge in [0.1, 0.15) is 11.4 Å². The van der Waals surface area contributed by atoms with Crippen molar-refractivity contribution >= 4 is 34.6 Å². The van der Waals surface area contributed by atoms with Crippen LogP contribution in [0.4, 0.5) is 17.1 Å². The van der Waals surface area contributed by atoms with Gasteiger partial charge in [-0.3, -0.25) is 14.9 Å². The van der Waals surface area contributed by atoms with Gasteiger partial charge in [-0.25, -0.2) is 0 Å². The lowest BCUT2D eigenvalue weighted by atomic mass is 10.2. The first-order chi connectivity index (χ1) is 11.3. The molecule has 126 valence electrons. The van der Waals surface area contributed by atoms with Crippen molar-refractivity contribution in [3.63, 3.8) is 0 Å². The van der Waals surface area contributed by atoms with Crippen LogP contribution >= 0.6 is 11.6 Å². The number of methoxy groups -OCH3 is 1. The molecular formula is C16H16ClN3O4. The zero-order chi connectivity index (χ0) is 17.9. The molecule has 7 nitrogen and oxygen atoms in total. The molecule has 2 aromatic carbocycles. The molecular weight excluding hydrogens is 334 g/mol. The Morgan fingerprint density at radius 2 is 1.88 bits per heavy atom. The molecule has 0 unspecified atom stereocenters. The normalized spacial score (nSPS) is 10.2. The maximum Gasteiger partial charge on any atom is 0.294 e. The minimum Gasteiger partial charge on any atom is -0.497 e. The molecule has 0 aliphatic heterocycles. The van der Waals surface area contributed by atoms with Crippen molar-refractivity contribution < 1.29 is 14.5 Å². The van der Waals surface area contributed by atoms with Crippen molar-refractivity contribution in [2.75, 3.05) is 31.4 Å². The first-order valence-corrected chi connectivity index (χ1v) is 7.32. The van der Waals surface area contributed by atoms with Crippen LogP contribution in [0.3, 0.4) is 0 Å². The Bertz CT molecular complexity index is 776. The van der Waals surface area contributed by atoms with Gasteiger partial charge in [0.05, 0.1) is 22.7 Å². The number of benzene rings is 2. The Morgan fingerprint density at radius 1 is 1.25 bits per heavy atom. The molecule has 0 fully saturated rings. The maximum absolute atomic E-state index is 12.3. The third-order valence-corrected chi connectivity index (χ3v) is 3.66. The van der Waals surface area contributed by atoms with Crippen LogP contribution in [0.5, 0.6) is 5.75 Å². The van der Waals surface area contributed by atoms with Crippen LogP contribution in [0.25, 0.3) is 0 Å². The molecule has 0 radical (unpaired) electrons. The van der Waals surface area contributed by atoms with E-state index in [-0.39, 0.29) is 16.6 Å². The second-order valence-corrected chi connectivity index (χ2v) is 5.56. The fourth-order valence-corrected chi connectivity index (χ4v) is 2.29. The number of rotatable bonds is 5. The highest BCUT2D eigenvalue weighted by molar-refractivity contribution is 6.34. The van der Waals surface area contributed by atoms with Gasteiger partial charge < -0.3 is 15.0 Å². The smallest absolute Gasteiger partial charge is 0.294 e. The predicted molar refractivity (Wildman–Crippen MR) is 93.4 cm³/mol. The summed E-state index contributed by atoms with van der Waals surface area (Å²) in [6.45, 7) is 0. The van der Waals surface area contributed by atoms with Crippen molar-refractivity contribution in [3.8, 4) is 5.75 Å². The number of amides is 1. The molecule has 0 saturated heterocycles. The molecule has 0 aliphatic carbocycles. The van der Waals surface area contributed by atoms with Gasteiger partial charge in [-0.15, -0.1) is 0 Å². The Balaban J connectivity index is 2.32. The molecule has 1 N–H and O–H groups in total. The molecule has 0 bridgehead atoms. The third-order valence-electron chi connectivity index (χ3n) is 3.34. The summed E-state index contributed by atoms with van der Waals surface area (Å²) in [6, 6.07) is 9.25. The van der Waals surface area contributed by atoms with Crippen molar-refractivity contribution in [3.05, 3.63) is 57.1 Å². The van der Waals surface area contributed by atoms with E-state index in [0.717, 1.165) is 0 Å². The predicted octanol–water partition coefficient (Wildman–Crippen LogP) is 3.58. The quantitative estimate of drug-likeness (QED) is 0.658. The summed E-state index contributed by atoms with van der Waals surface area (Å²) in [5, 5.41) is 13.9. The number of nitrogens with one attached hydrogen (secondary N) is 1. The van der Waals surface area contributed by atoms with Gasteiger partial charge in [-0.1, -0.05) is 11.6 Å². The van der Waals surface area contributed by atoms with Crippen LogP contribution in [0.1, 0.15) is 10.4 Å². The molecule has 0 spiro atoms. The maximum atomic E-state index is 12.3. The lowest BCUT2D eigenvalue weighted by Crippen LogP contribution is -2.15. The Labute approximate surface area is 143 Å². The van der Waals surface area contributed by atoms with Crippen molar-refractivity contribution in [1.82, 2.24) is 0 Å². The van der Waals surface area contributed by atoms with Gasteiger partial charge in [0.25, 0.3) is 11.6 Å². The monoisotopic (exact) mass is 349 g/mol.